The summed E-state index contributed by atoms with van der Waals surface area (Å²) in [6.07, 6.45) is 0.931. The van der Waals surface area contributed by atoms with E-state index in [9.17, 15) is 0 Å². The number of nitrogens with zero attached hydrogens (tertiary/aromatic N) is 4. The minimum Gasteiger partial charge on any atom is -0.309 e. The summed E-state index contributed by atoms with van der Waals surface area (Å²) >= 11 is 0. The molecule has 2 aromatic heterocycles. The maximum absolute atomic E-state index is 5.17. The quantitative estimate of drug-likeness (QED) is 0.171. The van der Waals surface area contributed by atoms with Crippen molar-refractivity contribution in [2.24, 2.45) is 0 Å². The van der Waals surface area contributed by atoms with Gasteiger partial charge in [-0.25, -0.2) is 15.0 Å². The minimum atomic E-state index is 0.634. The molecule has 0 spiro atoms. The second-order valence-corrected chi connectivity index (χ2v) is 15.0. The Bertz CT molecular complexity index is 3090. The van der Waals surface area contributed by atoms with Gasteiger partial charge < -0.3 is 4.57 Å². The van der Waals surface area contributed by atoms with Gasteiger partial charge in [-0.05, 0) is 100 Å². The van der Waals surface area contributed by atoms with Crippen LogP contribution in [0.1, 0.15) is 16.7 Å². The third-order valence-electron chi connectivity index (χ3n) is 11.3. The molecule has 11 rings (SSSR count). The van der Waals surface area contributed by atoms with E-state index in [0.29, 0.717) is 17.5 Å². The van der Waals surface area contributed by atoms with Crippen molar-refractivity contribution >= 4 is 21.8 Å². The molecule has 0 amide bonds. The van der Waals surface area contributed by atoms with Gasteiger partial charge in [0.2, 0.25) is 0 Å². The molecule has 0 atom stereocenters. The Balaban J connectivity index is 1.13. The Kier molecular flexibility index (Phi) is 7.75. The van der Waals surface area contributed by atoms with E-state index in [2.05, 4.69) is 163 Å². The van der Waals surface area contributed by atoms with Gasteiger partial charge >= 0.3 is 0 Å². The van der Waals surface area contributed by atoms with E-state index >= 15 is 0 Å². The van der Waals surface area contributed by atoms with E-state index in [-0.39, 0.29) is 0 Å². The Morgan fingerprint density at radius 1 is 0.368 bits per heavy atom. The number of aryl methyl sites for hydroxylation is 1. The van der Waals surface area contributed by atoms with Crippen molar-refractivity contribution in [2.75, 3.05) is 0 Å². The normalized spacial score (nSPS) is 11.9. The fourth-order valence-electron chi connectivity index (χ4n) is 8.52. The molecule has 4 heteroatoms. The lowest BCUT2D eigenvalue weighted by atomic mass is 9.93. The van der Waals surface area contributed by atoms with Crippen LogP contribution in [0.25, 0.3) is 95.0 Å². The third kappa shape index (κ3) is 5.82. The summed E-state index contributed by atoms with van der Waals surface area (Å²) in [5.41, 5.74) is 17.5. The molecule has 57 heavy (non-hydrogen) atoms. The van der Waals surface area contributed by atoms with E-state index in [1.807, 2.05) is 36.4 Å². The Morgan fingerprint density at radius 3 is 1.63 bits per heavy atom. The van der Waals surface area contributed by atoms with Crippen LogP contribution in [0.2, 0.25) is 0 Å². The number of hydrogen-bond donors (Lipinski definition) is 0. The molecule has 1 aliphatic rings. The van der Waals surface area contributed by atoms with Crippen molar-refractivity contribution in [1.82, 2.24) is 19.5 Å². The Hall–Kier alpha value is -7.43. The molecular formula is C53H36N4. The lowest BCUT2D eigenvalue weighted by Crippen LogP contribution is -2.00. The third-order valence-corrected chi connectivity index (χ3v) is 11.3. The van der Waals surface area contributed by atoms with E-state index in [4.69, 9.17) is 15.0 Å². The van der Waals surface area contributed by atoms with Crippen LogP contribution in [0.5, 0.6) is 0 Å². The second-order valence-electron chi connectivity index (χ2n) is 15.0. The van der Waals surface area contributed by atoms with Gasteiger partial charge in [0, 0.05) is 33.2 Å². The van der Waals surface area contributed by atoms with Crippen LogP contribution < -0.4 is 0 Å². The zero-order valence-electron chi connectivity index (χ0n) is 31.4. The predicted molar refractivity (Wildman–Crippen MR) is 234 cm³/mol. The SMILES string of the molecule is Cc1ccc2c(c1)-c1ccc(-c3cc(-c4ccc5c6ccccc6n(-c6ccccc6)c5c4)cc(-c4nc(-c5ccccc5)nc(-c5ccccc5)n4)c3)cc1C2. The molecular weight excluding hydrogens is 693 g/mol. The molecule has 0 N–H and O–H groups in total. The number of para-hydroxylation sites is 2. The summed E-state index contributed by atoms with van der Waals surface area (Å²) < 4.78 is 2.38. The maximum Gasteiger partial charge on any atom is 0.164 e. The monoisotopic (exact) mass is 728 g/mol. The highest BCUT2D eigenvalue weighted by Crippen LogP contribution is 2.42. The maximum atomic E-state index is 5.17. The van der Waals surface area contributed by atoms with Gasteiger partial charge in [-0.15, -0.1) is 0 Å². The van der Waals surface area contributed by atoms with Crippen molar-refractivity contribution in [3.8, 4) is 73.2 Å². The number of rotatable bonds is 6. The van der Waals surface area contributed by atoms with E-state index in [1.54, 1.807) is 0 Å². The van der Waals surface area contributed by atoms with Crippen LogP contribution in [-0.2, 0) is 6.42 Å². The predicted octanol–water partition coefficient (Wildman–Crippen LogP) is 13.2. The van der Waals surface area contributed by atoms with Crippen molar-refractivity contribution in [3.63, 3.8) is 0 Å². The highest BCUT2D eigenvalue weighted by molar-refractivity contribution is 6.10. The summed E-state index contributed by atoms with van der Waals surface area (Å²) in [5.74, 6) is 1.92. The number of benzene rings is 8. The standard InChI is InChI=1S/C53H36N4/c1-34-21-22-39-29-42-28-37(23-25-45(42)48(39)27-34)40-30-41(38-24-26-47-46-19-11-12-20-49(46)57(50(47)33-38)44-17-9-4-10-18-44)32-43(31-40)53-55-51(35-13-5-2-6-14-35)54-52(56-53)36-15-7-3-8-16-36/h2-28,30-33H,29H2,1H3. The van der Waals surface area contributed by atoms with Crippen molar-refractivity contribution in [2.45, 2.75) is 13.3 Å². The van der Waals surface area contributed by atoms with Gasteiger partial charge in [0.15, 0.2) is 17.5 Å². The molecule has 1 aliphatic carbocycles. The van der Waals surface area contributed by atoms with Crippen molar-refractivity contribution in [1.29, 1.82) is 0 Å². The van der Waals surface area contributed by atoms with Crippen molar-refractivity contribution in [3.05, 3.63) is 205 Å². The van der Waals surface area contributed by atoms with Gasteiger partial charge in [-0.1, -0.05) is 151 Å². The second kappa shape index (κ2) is 13.4. The largest absolute Gasteiger partial charge is 0.309 e. The average Bonchev–Trinajstić information content (AvgIpc) is 3.81. The zero-order chi connectivity index (χ0) is 37.9. The molecule has 0 radical (unpaired) electrons. The molecule has 2 heterocycles. The fraction of sp³-hybridized carbons (Fsp3) is 0.0377. The molecule has 0 saturated heterocycles. The molecule has 0 unspecified atom stereocenters. The van der Waals surface area contributed by atoms with Gasteiger partial charge in [0.05, 0.1) is 11.0 Å². The summed E-state index contributed by atoms with van der Waals surface area (Å²) in [6.45, 7) is 2.17. The number of aromatic nitrogens is 4. The van der Waals surface area contributed by atoms with E-state index < -0.39 is 0 Å². The molecule has 0 saturated carbocycles. The fourth-order valence-corrected chi connectivity index (χ4v) is 8.52. The first-order chi connectivity index (χ1) is 28.1. The zero-order valence-corrected chi connectivity index (χ0v) is 31.4. The summed E-state index contributed by atoms with van der Waals surface area (Å²) in [5, 5.41) is 2.46. The Labute approximate surface area is 331 Å². The van der Waals surface area contributed by atoms with Crippen molar-refractivity contribution < 1.29 is 0 Å². The molecule has 0 aliphatic heterocycles. The topological polar surface area (TPSA) is 43.6 Å². The van der Waals surface area contributed by atoms with Crippen LogP contribution in [-0.4, -0.2) is 19.5 Å². The number of hydrogen-bond acceptors (Lipinski definition) is 3. The molecule has 4 nitrogen and oxygen atoms in total. The highest BCUT2D eigenvalue weighted by Gasteiger charge is 2.21. The molecule has 0 fully saturated rings. The Morgan fingerprint density at radius 2 is 0.930 bits per heavy atom. The molecule has 268 valence electrons. The first-order valence-corrected chi connectivity index (χ1v) is 19.5. The van der Waals surface area contributed by atoms with Crippen LogP contribution in [0.4, 0.5) is 0 Å². The summed E-state index contributed by atoms with van der Waals surface area (Å²) in [4.78, 5) is 15.3. The highest BCUT2D eigenvalue weighted by atomic mass is 15.0. The van der Waals surface area contributed by atoms with E-state index in [1.165, 1.54) is 49.7 Å². The van der Waals surface area contributed by atoms with Crippen LogP contribution in [0, 0.1) is 6.92 Å². The van der Waals surface area contributed by atoms with Gasteiger partial charge in [0.25, 0.3) is 0 Å². The number of fused-ring (bicyclic) bond motifs is 6. The van der Waals surface area contributed by atoms with Crippen LogP contribution in [0.15, 0.2) is 188 Å². The van der Waals surface area contributed by atoms with E-state index in [0.717, 1.165) is 51.0 Å². The average molecular weight is 729 g/mol. The van der Waals surface area contributed by atoms with Crippen LogP contribution in [0.3, 0.4) is 0 Å². The molecule has 8 aromatic carbocycles. The lowest BCUT2D eigenvalue weighted by Gasteiger charge is -2.14. The van der Waals surface area contributed by atoms with Gasteiger partial charge in [-0.3, -0.25) is 0 Å². The minimum absolute atomic E-state index is 0.634. The summed E-state index contributed by atoms with van der Waals surface area (Å²) in [7, 11) is 0. The molecule has 0 bridgehead atoms. The molecule has 10 aromatic rings. The van der Waals surface area contributed by atoms with Gasteiger partial charge in [-0.2, -0.15) is 0 Å². The lowest BCUT2D eigenvalue weighted by molar-refractivity contribution is 1.07. The first-order valence-electron chi connectivity index (χ1n) is 19.5. The first kappa shape index (κ1) is 33.0. The van der Waals surface area contributed by atoms with Gasteiger partial charge in [0.1, 0.15) is 0 Å². The van der Waals surface area contributed by atoms with Crippen LogP contribution >= 0.6 is 0 Å². The summed E-state index contributed by atoms with van der Waals surface area (Å²) in [6, 6.07) is 67.1. The smallest absolute Gasteiger partial charge is 0.164 e.